The lowest BCUT2D eigenvalue weighted by molar-refractivity contribution is -0.643. The van der Waals surface area contributed by atoms with E-state index in [2.05, 4.69) is 86.3 Å². The van der Waals surface area contributed by atoms with Crippen LogP contribution in [0.25, 0.3) is 49.0 Å². The Labute approximate surface area is 201 Å². The van der Waals surface area contributed by atoms with Crippen molar-refractivity contribution in [2.45, 2.75) is 59.8 Å². The normalized spacial score (nSPS) is 15.3. The smallest absolute Gasteiger partial charge is 0.224 e. The molecule has 0 aliphatic heterocycles. The number of fused-ring (bicyclic) bond motifs is 6. The Bertz CT molecular complexity index is 1780. The third kappa shape index (κ3) is 2.54. The van der Waals surface area contributed by atoms with E-state index in [0.29, 0.717) is 0 Å². The van der Waals surface area contributed by atoms with Crippen molar-refractivity contribution in [3.8, 4) is 0 Å². The Hall–Kier alpha value is -3.13. The summed E-state index contributed by atoms with van der Waals surface area (Å²) in [4.78, 5) is 0. The van der Waals surface area contributed by atoms with E-state index < -0.39 is 0 Å². The molecule has 3 aromatic heterocycles. The molecule has 170 valence electrons. The van der Waals surface area contributed by atoms with Crippen molar-refractivity contribution >= 4 is 49.0 Å². The van der Waals surface area contributed by atoms with Crippen LogP contribution in [-0.2, 0) is 13.5 Å². The summed E-state index contributed by atoms with van der Waals surface area (Å²) in [7, 11) is 2.22. The van der Waals surface area contributed by atoms with Gasteiger partial charge in [0.05, 0.1) is 27.3 Å². The summed E-state index contributed by atoms with van der Waals surface area (Å²) in [5, 5.41) is 7.12. The van der Waals surface area contributed by atoms with E-state index in [1.807, 2.05) is 0 Å². The third-order valence-corrected chi connectivity index (χ3v) is 8.82. The molecule has 0 bridgehead atoms. The van der Waals surface area contributed by atoms with Crippen LogP contribution in [0.2, 0.25) is 0 Å². The molecule has 1 aliphatic carbocycles. The highest BCUT2D eigenvalue weighted by molar-refractivity contribution is 6.28. The second-order valence-electron chi connectivity index (χ2n) is 11.1. The van der Waals surface area contributed by atoms with Gasteiger partial charge >= 0.3 is 0 Å². The van der Waals surface area contributed by atoms with Crippen molar-refractivity contribution in [3.05, 3.63) is 70.4 Å². The summed E-state index contributed by atoms with van der Waals surface area (Å²) in [5.74, 6) is 0.825. The molecule has 1 saturated carbocycles. The highest BCUT2D eigenvalue weighted by Gasteiger charge is 2.28. The van der Waals surface area contributed by atoms with Crippen LogP contribution in [0.15, 0.2) is 42.6 Å². The van der Waals surface area contributed by atoms with Crippen LogP contribution < -0.4 is 4.57 Å². The Kier molecular flexibility index (Phi) is 4.14. The van der Waals surface area contributed by atoms with Gasteiger partial charge in [-0.2, -0.15) is 0 Å². The lowest BCUT2D eigenvalue weighted by Crippen LogP contribution is -2.29. The maximum Gasteiger partial charge on any atom is 0.224 e. The third-order valence-electron chi connectivity index (χ3n) is 8.82. The number of pyridine rings is 2. The zero-order chi connectivity index (χ0) is 23.3. The Morgan fingerprint density at radius 2 is 1.65 bits per heavy atom. The van der Waals surface area contributed by atoms with E-state index in [1.165, 1.54) is 103 Å². The van der Waals surface area contributed by atoms with Gasteiger partial charge in [0.15, 0.2) is 6.20 Å². The topological polar surface area (TPSA) is 8.29 Å². The van der Waals surface area contributed by atoms with Gasteiger partial charge < -0.3 is 4.40 Å². The standard InChI is InChI=1S/C32H33N2/c1-18-10-11-25-26(14-18)34-30-20(3)15-19(2)21(4)27(30)31-29-23(12-13-33(31)5)17-24(28(25)32(29)34)16-22-8-6-7-9-22/h10-15,17,22H,6-9,16H2,1-5H3/q+1. The number of hydrogen-bond acceptors (Lipinski definition) is 0. The Morgan fingerprint density at radius 3 is 2.44 bits per heavy atom. The summed E-state index contributed by atoms with van der Waals surface area (Å²) in [5.41, 5.74) is 12.5. The number of benzene rings is 3. The van der Waals surface area contributed by atoms with Crippen molar-refractivity contribution in [1.82, 2.24) is 4.40 Å². The van der Waals surface area contributed by atoms with E-state index >= 15 is 0 Å². The molecule has 0 N–H and O–H groups in total. The zero-order valence-electron chi connectivity index (χ0n) is 21.0. The zero-order valence-corrected chi connectivity index (χ0v) is 21.0. The van der Waals surface area contributed by atoms with E-state index in [0.717, 1.165) is 5.92 Å². The largest absolute Gasteiger partial charge is 0.307 e. The molecular formula is C32H33N2+. The predicted molar refractivity (Wildman–Crippen MR) is 144 cm³/mol. The molecular weight excluding hydrogens is 412 g/mol. The van der Waals surface area contributed by atoms with E-state index in [1.54, 1.807) is 5.56 Å². The summed E-state index contributed by atoms with van der Waals surface area (Å²) < 4.78 is 4.98. The quantitative estimate of drug-likeness (QED) is 0.146. The monoisotopic (exact) mass is 445 g/mol. The molecule has 34 heavy (non-hydrogen) atoms. The molecule has 0 atom stereocenters. The molecule has 0 radical (unpaired) electrons. The molecule has 2 heteroatoms. The molecule has 2 nitrogen and oxygen atoms in total. The highest BCUT2D eigenvalue weighted by atomic mass is 15.0. The molecule has 1 fully saturated rings. The van der Waals surface area contributed by atoms with Crippen molar-refractivity contribution in [1.29, 1.82) is 0 Å². The van der Waals surface area contributed by atoms with Crippen molar-refractivity contribution in [3.63, 3.8) is 0 Å². The number of aryl methyl sites for hydroxylation is 5. The molecule has 6 aromatic rings. The number of nitrogens with zero attached hydrogens (tertiary/aromatic N) is 2. The van der Waals surface area contributed by atoms with Crippen LogP contribution >= 0.6 is 0 Å². The average Bonchev–Trinajstić information content (AvgIpc) is 3.44. The fourth-order valence-electron chi connectivity index (χ4n) is 7.12. The van der Waals surface area contributed by atoms with Gasteiger partial charge in [0.25, 0.3) is 0 Å². The van der Waals surface area contributed by atoms with Crippen LogP contribution in [0.5, 0.6) is 0 Å². The minimum Gasteiger partial charge on any atom is -0.307 e. The van der Waals surface area contributed by atoms with Crippen LogP contribution in [0.4, 0.5) is 0 Å². The van der Waals surface area contributed by atoms with Gasteiger partial charge in [-0.15, -0.1) is 0 Å². The Balaban J connectivity index is 1.82. The Morgan fingerprint density at radius 1 is 0.853 bits per heavy atom. The molecule has 0 saturated heterocycles. The number of rotatable bonds is 2. The molecule has 0 unspecified atom stereocenters. The first kappa shape index (κ1) is 20.3. The van der Waals surface area contributed by atoms with Crippen LogP contribution in [-0.4, -0.2) is 4.40 Å². The first-order valence-corrected chi connectivity index (χ1v) is 12.9. The fourth-order valence-corrected chi connectivity index (χ4v) is 7.12. The van der Waals surface area contributed by atoms with Crippen LogP contribution in [0, 0.1) is 33.6 Å². The minimum absolute atomic E-state index is 0.825. The van der Waals surface area contributed by atoms with Gasteiger partial charge in [0.2, 0.25) is 5.52 Å². The lowest BCUT2D eigenvalue weighted by Gasteiger charge is -2.18. The summed E-state index contributed by atoms with van der Waals surface area (Å²) in [6, 6.07) is 14.4. The number of hydrogen-bond donors (Lipinski definition) is 0. The fraction of sp³-hybridized carbons (Fsp3) is 0.344. The predicted octanol–water partition coefficient (Wildman–Crippen LogP) is 7.78. The first-order chi connectivity index (χ1) is 16.4. The SMILES string of the molecule is Cc1ccc2c3c(CC4CCCC4)cc4cc[n+](C)c5c6c(C)c(C)cc(C)c6n(c2c1)c3c45. The van der Waals surface area contributed by atoms with Gasteiger partial charge in [0.1, 0.15) is 7.05 Å². The van der Waals surface area contributed by atoms with Crippen molar-refractivity contribution in [2.75, 3.05) is 0 Å². The lowest BCUT2D eigenvalue weighted by atomic mass is 9.90. The van der Waals surface area contributed by atoms with Gasteiger partial charge in [-0.1, -0.05) is 43.9 Å². The van der Waals surface area contributed by atoms with E-state index in [9.17, 15) is 0 Å². The van der Waals surface area contributed by atoms with Crippen molar-refractivity contribution < 1.29 is 4.57 Å². The van der Waals surface area contributed by atoms with Crippen molar-refractivity contribution in [2.24, 2.45) is 13.0 Å². The summed E-state index contributed by atoms with van der Waals surface area (Å²) >= 11 is 0. The van der Waals surface area contributed by atoms with Gasteiger partial charge in [-0.05, 0) is 85.4 Å². The van der Waals surface area contributed by atoms with Gasteiger partial charge in [-0.3, -0.25) is 0 Å². The van der Waals surface area contributed by atoms with Crippen LogP contribution in [0.3, 0.4) is 0 Å². The molecule has 1 aliphatic rings. The second kappa shape index (κ2) is 6.95. The summed E-state index contributed by atoms with van der Waals surface area (Å²) in [6.07, 6.45) is 9.03. The first-order valence-electron chi connectivity index (χ1n) is 12.9. The van der Waals surface area contributed by atoms with Gasteiger partial charge in [0, 0.05) is 16.8 Å². The van der Waals surface area contributed by atoms with Gasteiger partial charge in [-0.25, -0.2) is 4.57 Å². The average molecular weight is 446 g/mol. The molecule has 0 amide bonds. The van der Waals surface area contributed by atoms with Crippen LogP contribution in [0.1, 0.15) is 53.5 Å². The number of aromatic nitrogens is 2. The molecule has 0 spiro atoms. The molecule has 3 heterocycles. The molecule has 7 rings (SSSR count). The van der Waals surface area contributed by atoms with E-state index in [-0.39, 0.29) is 0 Å². The maximum atomic E-state index is 2.63. The molecule has 3 aromatic carbocycles. The minimum atomic E-state index is 0.825. The van der Waals surface area contributed by atoms with E-state index in [4.69, 9.17) is 0 Å². The highest BCUT2D eigenvalue weighted by Crippen LogP contribution is 2.45. The summed E-state index contributed by atoms with van der Waals surface area (Å²) in [6.45, 7) is 9.09. The maximum absolute atomic E-state index is 2.63. The second-order valence-corrected chi connectivity index (χ2v) is 11.1.